The zero-order valence-corrected chi connectivity index (χ0v) is 19.7. The second kappa shape index (κ2) is 9.24. The van der Waals surface area contributed by atoms with E-state index in [0.29, 0.717) is 27.9 Å². The van der Waals surface area contributed by atoms with Gasteiger partial charge in [-0.3, -0.25) is 9.59 Å². The topological polar surface area (TPSA) is 126 Å². The molecule has 1 fully saturated rings. The normalized spacial score (nSPS) is 20.4. The second-order valence-corrected chi connectivity index (χ2v) is 9.30. The van der Waals surface area contributed by atoms with Crippen molar-refractivity contribution in [2.45, 2.75) is 46.2 Å². The molecule has 3 heterocycles. The standard InChI is InChI=1S/C25H29N5O4/c1-13(2)30-22-20(12-27-30)18(10-21(29-22)16-6-5-7-17(9-16)25(33)34)23(31)26-11-19-14(3)8-15(4)28-24(19)32/h5-7,9-10,12-15,19H,8,11H2,1-4H3,(H,26,31)(H,28,32)(H,33,34). The number of hydrogen-bond acceptors (Lipinski definition) is 5. The van der Waals surface area contributed by atoms with E-state index in [1.807, 2.05) is 27.7 Å². The molecular weight excluding hydrogens is 434 g/mol. The molecule has 3 N–H and O–H groups in total. The number of piperidine rings is 1. The molecule has 1 saturated heterocycles. The van der Waals surface area contributed by atoms with Crippen LogP contribution in [0.2, 0.25) is 0 Å². The van der Waals surface area contributed by atoms with Crippen LogP contribution in [0.5, 0.6) is 0 Å². The Hall–Kier alpha value is -3.75. The minimum Gasteiger partial charge on any atom is -0.478 e. The fraction of sp³-hybridized carbons (Fsp3) is 0.400. The largest absolute Gasteiger partial charge is 0.478 e. The Labute approximate surface area is 197 Å². The van der Waals surface area contributed by atoms with Gasteiger partial charge in [-0.1, -0.05) is 19.1 Å². The molecule has 9 heteroatoms. The van der Waals surface area contributed by atoms with Crippen molar-refractivity contribution in [1.29, 1.82) is 0 Å². The van der Waals surface area contributed by atoms with Crippen molar-refractivity contribution in [3.05, 3.63) is 47.7 Å². The summed E-state index contributed by atoms with van der Waals surface area (Å²) in [5.41, 5.74) is 2.11. The molecule has 0 radical (unpaired) electrons. The molecule has 0 spiro atoms. The number of aromatic nitrogens is 3. The van der Waals surface area contributed by atoms with E-state index in [4.69, 9.17) is 4.98 Å². The minimum absolute atomic E-state index is 0.00953. The van der Waals surface area contributed by atoms with Gasteiger partial charge in [-0.05, 0) is 51.3 Å². The van der Waals surface area contributed by atoms with Gasteiger partial charge >= 0.3 is 5.97 Å². The van der Waals surface area contributed by atoms with Gasteiger partial charge in [0.05, 0.1) is 34.3 Å². The quantitative estimate of drug-likeness (QED) is 0.515. The van der Waals surface area contributed by atoms with Crippen LogP contribution in [-0.4, -0.2) is 50.2 Å². The number of aromatic carboxylic acids is 1. The molecule has 0 bridgehead atoms. The van der Waals surface area contributed by atoms with Gasteiger partial charge in [0, 0.05) is 24.2 Å². The third kappa shape index (κ3) is 4.50. The molecular formula is C25H29N5O4. The van der Waals surface area contributed by atoms with Gasteiger partial charge in [-0.15, -0.1) is 0 Å². The van der Waals surface area contributed by atoms with E-state index in [2.05, 4.69) is 15.7 Å². The van der Waals surface area contributed by atoms with Crippen LogP contribution in [0.15, 0.2) is 36.5 Å². The summed E-state index contributed by atoms with van der Waals surface area (Å²) in [6, 6.07) is 8.23. The summed E-state index contributed by atoms with van der Waals surface area (Å²) in [5.74, 6) is -1.57. The van der Waals surface area contributed by atoms with Crippen LogP contribution in [-0.2, 0) is 4.79 Å². The Bertz CT molecular complexity index is 1270. The van der Waals surface area contributed by atoms with Gasteiger partial charge in [0.2, 0.25) is 5.91 Å². The molecule has 4 rings (SSSR count). The average molecular weight is 464 g/mol. The number of carbonyl (C=O) groups is 3. The third-order valence-electron chi connectivity index (χ3n) is 6.33. The fourth-order valence-corrected chi connectivity index (χ4v) is 4.52. The summed E-state index contributed by atoms with van der Waals surface area (Å²) >= 11 is 0. The molecule has 3 atom stereocenters. The predicted molar refractivity (Wildman–Crippen MR) is 128 cm³/mol. The first-order valence-corrected chi connectivity index (χ1v) is 11.5. The summed E-state index contributed by atoms with van der Waals surface area (Å²) in [4.78, 5) is 41.9. The first-order valence-electron chi connectivity index (χ1n) is 11.5. The Morgan fingerprint density at radius 2 is 2.03 bits per heavy atom. The number of nitrogens with one attached hydrogen (secondary N) is 2. The number of pyridine rings is 1. The van der Waals surface area contributed by atoms with E-state index in [1.54, 1.807) is 29.1 Å². The van der Waals surface area contributed by atoms with Crippen molar-refractivity contribution in [1.82, 2.24) is 25.4 Å². The number of carboxylic acid groups (broad SMARTS) is 1. The van der Waals surface area contributed by atoms with Crippen molar-refractivity contribution in [3.63, 3.8) is 0 Å². The Morgan fingerprint density at radius 3 is 2.71 bits per heavy atom. The van der Waals surface area contributed by atoms with Crippen LogP contribution >= 0.6 is 0 Å². The van der Waals surface area contributed by atoms with E-state index in [-0.39, 0.29) is 47.8 Å². The number of rotatable bonds is 6. The number of carbonyl (C=O) groups excluding carboxylic acids is 2. The zero-order valence-electron chi connectivity index (χ0n) is 19.7. The third-order valence-corrected chi connectivity index (χ3v) is 6.33. The van der Waals surface area contributed by atoms with Gasteiger partial charge in [0.1, 0.15) is 0 Å². The lowest BCUT2D eigenvalue weighted by molar-refractivity contribution is -0.129. The number of benzene rings is 1. The highest BCUT2D eigenvalue weighted by Gasteiger charge is 2.32. The molecule has 3 aromatic rings. The number of hydrogen-bond donors (Lipinski definition) is 3. The van der Waals surface area contributed by atoms with Gasteiger partial charge in [-0.2, -0.15) is 5.10 Å². The van der Waals surface area contributed by atoms with Crippen LogP contribution in [0.4, 0.5) is 0 Å². The van der Waals surface area contributed by atoms with Gasteiger partial charge < -0.3 is 15.7 Å². The zero-order chi connectivity index (χ0) is 24.6. The molecule has 3 unspecified atom stereocenters. The van der Waals surface area contributed by atoms with E-state index in [9.17, 15) is 19.5 Å². The maximum atomic E-state index is 13.3. The van der Waals surface area contributed by atoms with Crippen molar-refractivity contribution in [2.75, 3.05) is 6.54 Å². The lowest BCUT2D eigenvalue weighted by Gasteiger charge is -2.32. The molecule has 1 aromatic carbocycles. The van der Waals surface area contributed by atoms with Crippen molar-refractivity contribution in [3.8, 4) is 11.3 Å². The SMILES string of the molecule is CC1CC(C)C(CNC(=O)c2cc(-c3cccc(C(=O)O)c3)nc3c2cnn3C(C)C)C(=O)N1. The first-order chi connectivity index (χ1) is 16.2. The molecule has 34 heavy (non-hydrogen) atoms. The summed E-state index contributed by atoms with van der Waals surface area (Å²) in [6.45, 7) is 8.16. The molecule has 178 valence electrons. The van der Waals surface area contributed by atoms with Crippen LogP contribution in [0.25, 0.3) is 22.3 Å². The van der Waals surface area contributed by atoms with E-state index >= 15 is 0 Å². The Kier molecular flexibility index (Phi) is 6.37. The maximum Gasteiger partial charge on any atom is 0.335 e. The number of nitrogens with zero attached hydrogens (tertiary/aromatic N) is 3. The lowest BCUT2D eigenvalue weighted by atomic mass is 9.84. The number of fused-ring (bicyclic) bond motifs is 1. The molecule has 0 aliphatic carbocycles. The Morgan fingerprint density at radius 1 is 1.26 bits per heavy atom. The minimum atomic E-state index is -1.04. The molecule has 2 amide bonds. The van der Waals surface area contributed by atoms with Gasteiger partial charge in [0.15, 0.2) is 5.65 Å². The van der Waals surface area contributed by atoms with Crippen LogP contribution in [0.1, 0.15) is 60.9 Å². The summed E-state index contributed by atoms with van der Waals surface area (Å²) in [5, 5.41) is 20.3. The van der Waals surface area contributed by atoms with Gasteiger partial charge in [-0.25, -0.2) is 14.5 Å². The predicted octanol–water partition coefficient (Wildman–Crippen LogP) is 3.27. The van der Waals surface area contributed by atoms with Crippen molar-refractivity contribution >= 4 is 28.8 Å². The molecule has 9 nitrogen and oxygen atoms in total. The highest BCUT2D eigenvalue weighted by atomic mass is 16.4. The molecule has 1 aliphatic rings. The monoisotopic (exact) mass is 463 g/mol. The van der Waals surface area contributed by atoms with E-state index in [1.165, 1.54) is 12.1 Å². The lowest BCUT2D eigenvalue weighted by Crippen LogP contribution is -2.50. The summed E-state index contributed by atoms with van der Waals surface area (Å²) in [7, 11) is 0. The average Bonchev–Trinajstić information content (AvgIpc) is 3.22. The second-order valence-electron chi connectivity index (χ2n) is 9.30. The highest BCUT2D eigenvalue weighted by molar-refractivity contribution is 6.06. The first kappa shape index (κ1) is 23.4. The van der Waals surface area contributed by atoms with E-state index < -0.39 is 5.97 Å². The molecule has 2 aromatic heterocycles. The van der Waals surface area contributed by atoms with Crippen molar-refractivity contribution < 1.29 is 19.5 Å². The Balaban J connectivity index is 1.71. The van der Waals surface area contributed by atoms with E-state index in [0.717, 1.165) is 6.42 Å². The smallest absolute Gasteiger partial charge is 0.335 e. The fourth-order valence-electron chi connectivity index (χ4n) is 4.52. The number of carboxylic acids is 1. The van der Waals surface area contributed by atoms with Crippen LogP contribution in [0, 0.1) is 11.8 Å². The van der Waals surface area contributed by atoms with Crippen LogP contribution < -0.4 is 10.6 Å². The van der Waals surface area contributed by atoms with Gasteiger partial charge in [0.25, 0.3) is 5.91 Å². The number of amides is 2. The highest BCUT2D eigenvalue weighted by Crippen LogP contribution is 2.28. The maximum absolute atomic E-state index is 13.3. The molecule has 0 saturated carbocycles. The summed E-state index contributed by atoms with van der Waals surface area (Å²) in [6.07, 6.45) is 2.48. The van der Waals surface area contributed by atoms with Crippen molar-refractivity contribution in [2.24, 2.45) is 11.8 Å². The summed E-state index contributed by atoms with van der Waals surface area (Å²) < 4.78 is 1.73. The molecule has 1 aliphatic heterocycles. The van der Waals surface area contributed by atoms with Crippen LogP contribution in [0.3, 0.4) is 0 Å².